The topological polar surface area (TPSA) is 0 Å². The lowest BCUT2D eigenvalue weighted by atomic mass is 9.87. The molecule has 0 aromatic heterocycles. The normalized spacial score (nSPS) is 22.0. The first-order chi connectivity index (χ1) is 9.56. The van der Waals surface area contributed by atoms with E-state index in [0.29, 0.717) is 5.92 Å². The van der Waals surface area contributed by atoms with Gasteiger partial charge in [0.2, 0.25) is 0 Å². The maximum atomic E-state index is 6.73. The van der Waals surface area contributed by atoms with Gasteiger partial charge in [-0.25, -0.2) is 0 Å². The third kappa shape index (κ3) is 5.41. The molecule has 0 nitrogen and oxygen atoms in total. The maximum absolute atomic E-state index is 6.73. The van der Waals surface area contributed by atoms with E-state index in [4.69, 9.17) is 11.1 Å². The molecule has 0 heterocycles. The summed E-state index contributed by atoms with van der Waals surface area (Å²) < 4.78 is 0. The average Bonchev–Trinajstić information content (AvgIpc) is 2.80. The summed E-state index contributed by atoms with van der Waals surface area (Å²) >= 11 is 6.73. The summed E-state index contributed by atoms with van der Waals surface area (Å²) in [7, 11) is -1.53. The lowest BCUT2D eigenvalue weighted by Gasteiger charge is -2.28. The molecule has 0 N–H and O–H groups in total. The largest absolute Gasteiger partial charge is 0.168 e. The first-order valence-electron chi connectivity index (χ1n) is 8.63. The third-order valence-electron chi connectivity index (χ3n) is 4.74. The van der Waals surface area contributed by atoms with Gasteiger partial charge in [0, 0.05) is 0 Å². The van der Waals surface area contributed by atoms with Crippen LogP contribution in [0.4, 0.5) is 0 Å². The summed E-state index contributed by atoms with van der Waals surface area (Å²) in [5, 5.41) is 0. The Morgan fingerprint density at radius 2 is 1.40 bits per heavy atom. The Kier molecular flexibility index (Phi) is 6.41. The Balaban J connectivity index is 2.18. The van der Waals surface area contributed by atoms with E-state index in [1.165, 1.54) is 70.3 Å². The van der Waals surface area contributed by atoms with Crippen molar-refractivity contribution in [3.8, 4) is 0 Å². The van der Waals surface area contributed by atoms with Crippen molar-refractivity contribution in [1.29, 1.82) is 0 Å². The minimum absolute atomic E-state index is 0.686. The molecule has 0 saturated heterocycles. The molecule has 0 aromatic rings. The van der Waals surface area contributed by atoms with Crippen LogP contribution in [0.15, 0.2) is 23.3 Å². The zero-order valence-corrected chi connectivity index (χ0v) is 15.1. The van der Waals surface area contributed by atoms with Gasteiger partial charge >= 0.3 is 0 Å². The fourth-order valence-corrected chi connectivity index (χ4v) is 5.66. The van der Waals surface area contributed by atoms with Gasteiger partial charge in [0.25, 0.3) is 0 Å². The summed E-state index contributed by atoms with van der Waals surface area (Å²) in [6.07, 6.45) is 18.7. The van der Waals surface area contributed by atoms with Gasteiger partial charge in [-0.15, -0.1) is 0 Å². The predicted molar refractivity (Wildman–Crippen MR) is 94.0 cm³/mol. The van der Waals surface area contributed by atoms with Crippen LogP contribution in [-0.4, -0.2) is 7.38 Å². The zero-order chi connectivity index (χ0) is 14.4. The highest BCUT2D eigenvalue weighted by molar-refractivity contribution is 7.19. The van der Waals surface area contributed by atoms with E-state index in [2.05, 4.69) is 25.2 Å². The molecule has 2 aliphatic carbocycles. The lowest BCUT2D eigenvalue weighted by Crippen LogP contribution is -2.23. The minimum atomic E-state index is -1.53. The summed E-state index contributed by atoms with van der Waals surface area (Å²) in [4.78, 5) is 0. The van der Waals surface area contributed by atoms with E-state index in [9.17, 15) is 0 Å². The second-order valence-electron chi connectivity index (χ2n) is 7.23. The molecule has 2 aliphatic rings. The summed E-state index contributed by atoms with van der Waals surface area (Å²) in [5.74, 6) is 0.686. The molecule has 0 aromatic carbocycles. The summed E-state index contributed by atoms with van der Waals surface area (Å²) in [5.41, 5.74) is 3.47. The molecule has 0 radical (unpaired) electrons. The predicted octanol–water partition coefficient (Wildman–Crippen LogP) is 6.83. The zero-order valence-electron chi connectivity index (χ0n) is 13.4. The fraction of sp³-hybridized carbons (Fsp3) is 0.778. The molecule has 0 aliphatic heterocycles. The summed E-state index contributed by atoms with van der Waals surface area (Å²) in [6.45, 7) is 4.63. The van der Waals surface area contributed by atoms with Gasteiger partial charge in [0.1, 0.15) is 0 Å². The molecule has 0 bridgehead atoms. The van der Waals surface area contributed by atoms with E-state index in [1.807, 2.05) is 0 Å². The Hall–Kier alpha value is -0.0131. The van der Waals surface area contributed by atoms with Crippen molar-refractivity contribution >= 4 is 18.5 Å². The van der Waals surface area contributed by atoms with Gasteiger partial charge in [-0.05, 0) is 63.3 Å². The van der Waals surface area contributed by atoms with Gasteiger partial charge < -0.3 is 0 Å². The smallest absolute Gasteiger partial charge is 0.151 e. The van der Waals surface area contributed by atoms with Crippen LogP contribution in [0.5, 0.6) is 0 Å². The molecule has 2 heteroatoms. The summed E-state index contributed by atoms with van der Waals surface area (Å²) in [6, 6.07) is 1.24. The van der Waals surface area contributed by atoms with Crippen molar-refractivity contribution in [2.45, 2.75) is 83.3 Å². The van der Waals surface area contributed by atoms with Gasteiger partial charge in [0.05, 0.1) is 0 Å². The van der Waals surface area contributed by atoms with Crippen LogP contribution in [0.3, 0.4) is 0 Å². The van der Waals surface area contributed by atoms with Crippen molar-refractivity contribution in [1.82, 2.24) is 0 Å². The van der Waals surface area contributed by atoms with E-state index >= 15 is 0 Å². The Morgan fingerprint density at radius 3 is 1.85 bits per heavy atom. The van der Waals surface area contributed by atoms with Crippen molar-refractivity contribution in [3.63, 3.8) is 0 Å². The quantitative estimate of drug-likeness (QED) is 0.303. The van der Waals surface area contributed by atoms with Crippen molar-refractivity contribution < 1.29 is 0 Å². The SMILES string of the molecule is C[Si](C)(Cl)CC(C1=CCCCCC1)C1=CCCCCC1. The third-order valence-corrected chi connectivity index (χ3v) is 6.58. The highest BCUT2D eigenvalue weighted by atomic mass is 35.6. The number of allylic oxidation sites excluding steroid dienone is 4. The van der Waals surface area contributed by atoms with Gasteiger partial charge in [-0.1, -0.05) is 49.2 Å². The van der Waals surface area contributed by atoms with Crippen LogP contribution in [-0.2, 0) is 0 Å². The highest BCUT2D eigenvalue weighted by Gasteiger charge is 2.28. The number of rotatable bonds is 4. The highest BCUT2D eigenvalue weighted by Crippen LogP contribution is 2.38. The van der Waals surface area contributed by atoms with E-state index in [-0.39, 0.29) is 0 Å². The molecule has 0 amide bonds. The van der Waals surface area contributed by atoms with Crippen molar-refractivity contribution in [2.75, 3.05) is 0 Å². The average molecular weight is 311 g/mol. The second-order valence-corrected chi connectivity index (χ2v) is 14.1. The molecule has 0 saturated carbocycles. The van der Waals surface area contributed by atoms with Crippen LogP contribution in [0.2, 0.25) is 19.1 Å². The van der Waals surface area contributed by atoms with Gasteiger partial charge in [-0.2, -0.15) is 11.1 Å². The number of halogens is 1. The molecule has 0 atom stereocenters. The van der Waals surface area contributed by atoms with Crippen molar-refractivity contribution in [3.05, 3.63) is 23.3 Å². The molecule has 0 spiro atoms. The minimum Gasteiger partial charge on any atom is -0.168 e. The molecule has 0 fully saturated rings. The van der Waals surface area contributed by atoms with Gasteiger partial charge in [-0.3, -0.25) is 0 Å². The standard InChI is InChI=1S/C18H31ClSi/c1-20(2,19)15-18(16-11-7-3-4-8-12-16)17-13-9-5-6-10-14-17/h11,13,18H,3-10,12,14-15H2,1-2H3. The molecule has 0 unspecified atom stereocenters. The fourth-order valence-electron chi connectivity index (χ4n) is 3.70. The van der Waals surface area contributed by atoms with E-state index in [0.717, 1.165) is 0 Å². The van der Waals surface area contributed by atoms with E-state index < -0.39 is 7.38 Å². The van der Waals surface area contributed by atoms with Crippen LogP contribution in [0.1, 0.15) is 64.2 Å². The number of hydrogen-bond donors (Lipinski definition) is 0. The second kappa shape index (κ2) is 7.84. The van der Waals surface area contributed by atoms with Crippen LogP contribution in [0.25, 0.3) is 0 Å². The van der Waals surface area contributed by atoms with Gasteiger partial charge in [0.15, 0.2) is 7.38 Å². The Morgan fingerprint density at radius 1 is 0.900 bits per heavy atom. The van der Waals surface area contributed by atoms with Crippen LogP contribution in [0, 0.1) is 5.92 Å². The molecular formula is C18H31ClSi. The maximum Gasteiger partial charge on any atom is 0.151 e. The lowest BCUT2D eigenvalue weighted by molar-refractivity contribution is 0.642. The van der Waals surface area contributed by atoms with Crippen LogP contribution >= 0.6 is 11.1 Å². The molecule has 114 valence electrons. The molecule has 20 heavy (non-hydrogen) atoms. The van der Waals surface area contributed by atoms with Crippen LogP contribution < -0.4 is 0 Å². The molecular weight excluding hydrogens is 280 g/mol. The first kappa shape index (κ1) is 16.4. The number of hydrogen-bond acceptors (Lipinski definition) is 0. The van der Waals surface area contributed by atoms with E-state index in [1.54, 1.807) is 11.1 Å². The monoisotopic (exact) mass is 310 g/mol. The first-order valence-corrected chi connectivity index (χ1v) is 12.8. The molecule has 2 rings (SSSR count). The Labute approximate surface area is 131 Å². The Bertz CT molecular complexity index is 334. The van der Waals surface area contributed by atoms with Crippen molar-refractivity contribution in [2.24, 2.45) is 5.92 Å².